The van der Waals surface area contributed by atoms with Gasteiger partial charge in [-0.25, -0.2) is 8.93 Å². The van der Waals surface area contributed by atoms with Crippen LogP contribution in [0.2, 0.25) is 0 Å². The number of halogens is 1. The zero-order valence-corrected chi connectivity index (χ0v) is 41.3. The highest BCUT2D eigenvalue weighted by molar-refractivity contribution is 8.09. The summed E-state index contributed by atoms with van der Waals surface area (Å²) in [5, 5.41) is 1.81. The number of hydrogen-bond donors (Lipinski definition) is 2. The lowest BCUT2D eigenvalue weighted by atomic mass is 10.1. The van der Waals surface area contributed by atoms with Crippen molar-refractivity contribution in [3.63, 3.8) is 0 Å². The maximum Gasteiger partial charge on any atom is 0.243 e. The number of hydrogen-bond acceptors (Lipinski definition) is 20. The Balaban J connectivity index is 3.54. The summed E-state index contributed by atoms with van der Waals surface area (Å²) in [6.45, 7) is 16.5. The van der Waals surface area contributed by atoms with Crippen LogP contribution in [0, 0.1) is 0 Å². The SMILES string of the molecule is CCOCCOCCOCCOCCOCCOCCOCCOCCC(=O)NC(CCCCNS(=O)CCOCCOCCOCCOCCOCCOCCOCCOC)C(=O)SF. The van der Waals surface area contributed by atoms with Crippen LogP contribution in [0.1, 0.15) is 32.6 Å². The third kappa shape index (κ3) is 52.3. The van der Waals surface area contributed by atoms with Crippen molar-refractivity contribution < 1.29 is 93.5 Å². The van der Waals surface area contributed by atoms with Crippen LogP contribution >= 0.6 is 12.1 Å². The van der Waals surface area contributed by atoms with Crippen LogP contribution < -0.4 is 10.0 Å². The van der Waals surface area contributed by atoms with E-state index in [-0.39, 0.29) is 26.1 Å². The first kappa shape index (κ1) is 64.9. The van der Waals surface area contributed by atoms with Crippen molar-refractivity contribution in [2.45, 2.75) is 38.6 Å². The first-order valence-corrected chi connectivity index (χ1v) is 25.0. The Labute approximate surface area is 399 Å². The lowest BCUT2D eigenvalue weighted by Gasteiger charge is -2.16. The van der Waals surface area contributed by atoms with E-state index in [0.29, 0.717) is 217 Å². The summed E-state index contributed by atoms with van der Waals surface area (Å²) in [7, 11) is 0.330. The Morgan fingerprint density at radius 3 is 1.12 bits per heavy atom. The van der Waals surface area contributed by atoms with E-state index in [1.807, 2.05) is 6.92 Å². The molecular weight excluding hydrogens is 920 g/mol. The molecule has 0 radical (unpaired) electrons. The van der Waals surface area contributed by atoms with Crippen molar-refractivity contribution in [3.05, 3.63) is 0 Å². The molecule has 0 bridgehead atoms. The second kappa shape index (κ2) is 56.5. The molecule has 2 N–H and O–H groups in total. The Morgan fingerprint density at radius 1 is 0.470 bits per heavy atom. The fraction of sp³-hybridized carbons (Fsp3) is 0.952. The molecule has 0 rings (SSSR count). The highest BCUT2D eigenvalue weighted by Gasteiger charge is 2.21. The van der Waals surface area contributed by atoms with Crippen molar-refractivity contribution in [2.24, 2.45) is 0 Å². The molecule has 394 valence electrons. The van der Waals surface area contributed by atoms with Gasteiger partial charge in [-0.1, -0.05) is 0 Å². The van der Waals surface area contributed by atoms with E-state index in [1.165, 1.54) is 0 Å². The molecule has 21 nitrogen and oxygen atoms in total. The molecule has 24 heteroatoms. The Bertz CT molecular complexity index is 1040. The normalized spacial score (nSPS) is 12.5. The third-order valence-corrected chi connectivity index (χ3v) is 9.74. The average Bonchev–Trinajstić information content (AvgIpc) is 3.32. The average molecular weight is 1000 g/mol. The molecule has 0 spiro atoms. The van der Waals surface area contributed by atoms with Crippen LogP contribution in [0.5, 0.6) is 0 Å². The topological polar surface area (TPSA) is 223 Å². The minimum absolute atomic E-state index is 0.0107. The minimum Gasteiger partial charge on any atom is -0.382 e. The summed E-state index contributed by atoms with van der Waals surface area (Å²) >= 11 is -0.416. The van der Waals surface area contributed by atoms with Gasteiger partial charge >= 0.3 is 0 Å². The van der Waals surface area contributed by atoms with E-state index < -0.39 is 40.2 Å². The summed E-state index contributed by atoms with van der Waals surface area (Å²) < 4.78 is 114. The quantitative estimate of drug-likeness (QED) is 0.0821. The number of ether oxygens (including phenoxy) is 16. The predicted octanol–water partition coefficient (Wildman–Crippen LogP) is 1.34. The molecule has 0 saturated carbocycles. The highest BCUT2D eigenvalue weighted by Crippen LogP contribution is 2.12. The maximum absolute atomic E-state index is 13.1. The maximum atomic E-state index is 13.1. The standard InChI is InChI=1S/C42H83FN2O19S2/c1-3-50-12-13-53-18-19-56-24-25-59-30-31-60-27-26-57-21-20-54-15-14-51-9-7-41(46)45-40(42(47)65-43)6-4-5-8-44-66(48)39-38-64-37-36-63-35-34-62-33-32-61-29-28-58-23-22-55-17-16-52-11-10-49-2/h40,44H,3-39H2,1-2H3,(H,45,46). The van der Waals surface area contributed by atoms with E-state index in [9.17, 15) is 17.7 Å². The lowest BCUT2D eigenvalue weighted by Crippen LogP contribution is -2.40. The molecule has 0 saturated heterocycles. The van der Waals surface area contributed by atoms with Crippen molar-refractivity contribution in [1.29, 1.82) is 0 Å². The van der Waals surface area contributed by atoms with Gasteiger partial charge in [0.1, 0.15) is 18.2 Å². The van der Waals surface area contributed by atoms with Gasteiger partial charge in [0.2, 0.25) is 11.0 Å². The van der Waals surface area contributed by atoms with Gasteiger partial charge in [-0.15, -0.1) is 0 Å². The van der Waals surface area contributed by atoms with Crippen LogP contribution in [0.25, 0.3) is 0 Å². The first-order chi connectivity index (χ1) is 32.5. The van der Waals surface area contributed by atoms with Crippen LogP contribution in [0.4, 0.5) is 3.89 Å². The summed E-state index contributed by atoms with van der Waals surface area (Å²) in [4.78, 5) is 24.4. The minimum atomic E-state index is -1.30. The van der Waals surface area contributed by atoms with E-state index in [4.69, 9.17) is 75.8 Å². The highest BCUT2D eigenvalue weighted by atomic mass is 32.2. The van der Waals surface area contributed by atoms with Gasteiger partial charge < -0.3 is 81.1 Å². The van der Waals surface area contributed by atoms with Gasteiger partial charge in [0.05, 0.1) is 215 Å². The number of carbonyl (C=O) groups is 2. The number of methoxy groups -OCH3 is 1. The van der Waals surface area contributed by atoms with Crippen LogP contribution in [0.3, 0.4) is 0 Å². The van der Waals surface area contributed by atoms with Crippen molar-refractivity contribution in [1.82, 2.24) is 10.0 Å². The molecule has 0 heterocycles. The van der Waals surface area contributed by atoms with E-state index in [0.717, 1.165) is 0 Å². The first-order valence-electron chi connectivity index (χ1n) is 22.9. The van der Waals surface area contributed by atoms with Crippen molar-refractivity contribution >= 4 is 34.2 Å². The molecule has 0 aliphatic rings. The molecule has 0 aromatic heterocycles. The summed E-state index contributed by atoms with van der Waals surface area (Å²) in [6.07, 6.45) is 1.34. The molecule has 0 aliphatic heterocycles. The van der Waals surface area contributed by atoms with E-state index >= 15 is 0 Å². The number of nitrogens with one attached hydrogen (secondary N) is 2. The number of unbranched alkanes of at least 4 members (excludes halogenated alkanes) is 1. The number of rotatable bonds is 57. The van der Waals surface area contributed by atoms with Gasteiger partial charge in [-0.2, -0.15) is 3.89 Å². The molecule has 0 aromatic rings. The Morgan fingerprint density at radius 2 is 0.788 bits per heavy atom. The zero-order chi connectivity index (χ0) is 47.9. The van der Waals surface area contributed by atoms with Gasteiger partial charge in [0.25, 0.3) is 0 Å². The molecule has 2 atom stereocenters. The van der Waals surface area contributed by atoms with Gasteiger partial charge in [-0.05, 0) is 26.2 Å². The fourth-order valence-electron chi connectivity index (χ4n) is 4.85. The van der Waals surface area contributed by atoms with Crippen LogP contribution in [0.15, 0.2) is 0 Å². The third-order valence-electron chi connectivity index (χ3n) is 8.24. The smallest absolute Gasteiger partial charge is 0.243 e. The number of amides is 1. The molecule has 66 heavy (non-hydrogen) atoms. The van der Waals surface area contributed by atoms with Crippen molar-refractivity contribution in [2.75, 3.05) is 224 Å². The van der Waals surface area contributed by atoms with E-state index in [1.54, 1.807) is 7.11 Å². The fourth-order valence-corrected chi connectivity index (χ4v) is 5.92. The van der Waals surface area contributed by atoms with E-state index in [2.05, 4.69) is 10.0 Å². The lowest BCUT2D eigenvalue weighted by molar-refractivity contribution is -0.125. The summed E-state index contributed by atoms with van der Waals surface area (Å²) in [5.41, 5.74) is 0. The Kier molecular flexibility index (Phi) is 55.5. The van der Waals surface area contributed by atoms with Gasteiger partial charge in [-0.3, -0.25) is 9.59 Å². The molecule has 0 fully saturated rings. The molecule has 2 unspecified atom stereocenters. The molecule has 0 aromatic carbocycles. The van der Waals surface area contributed by atoms with Crippen molar-refractivity contribution in [3.8, 4) is 0 Å². The van der Waals surface area contributed by atoms with Crippen LogP contribution in [-0.4, -0.2) is 245 Å². The molecule has 1 amide bonds. The molecular formula is C42H83FN2O19S2. The second-order valence-electron chi connectivity index (χ2n) is 13.5. The largest absolute Gasteiger partial charge is 0.382 e. The second-order valence-corrected chi connectivity index (χ2v) is 15.4. The monoisotopic (exact) mass is 1000 g/mol. The van der Waals surface area contributed by atoms with Crippen LogP contribution in [-0.2, 0) is 96.4 Å². The predicted molar refractivity (Wildman–Crippen MR) is 245 cm³/mol. The molecule has 0 aliphatic carbocycles. The van der Waals surface area contributed by atoms with Gasteiger partial charge in [0.15, 0.2) is 0 Å². The Hall–Kier alpha value is -1.11. The zero-order valence-electron chi connectivity index (χ0n) is 39.7. The van der Waals surface area contributed by atoms with Gasteiger partial charge in [0, 0.05) is 26.7 Å². The summed E-state index contributed by atoms with van der Waals surface area (Å²) in [6, 6.07) is -0.968. The number of carbonyl (C=O) groups excluding carboxylic acids is 2. The summed E-state index contributed by atoms with van der Waals surface area (Å²) in [5.74, 6) is -0.122.